The second-order valence-corrected chi connectivity index (χ2v) is 5.84. The fraction of sp³-hybridized carbons (Fsp3) is 0.143. The average molecular weight is 304 g/mol. The highest BCUT2D eigenvalue weighted by atomic mass is 15.1. The first kappa shape index (κ1) is 16.8. The second kappa shape index (κ2) is 7.12. The van der Waals surface area contributed by atoms with Crippen LogP contribution in [0.5, 0.6) is 0 Å². The van der Waals surface area contributed by atoms with E-state index in [1.54, 1.807) is 0 Å². The predicted molar refractivity (Wildman–Crippen MR) is 100 cm³/mol. The van der Waals surface area contributed by atoms with E-state index >= 15 is 0 Å². The highest BCUT2D eigenvalue weighted by Crippen LogP contribution is 2.34. The van der Waals surface area contributed by atoms with Crippen LogP contribution in [-0.2, 0) is 0 Å². The van der Waals surface area contributed by atoms with Crippen LogP contribution in [0.2, 0.25) is 0 Å². The van der Waals surface area contributed by atoms with E-state index in [-0.39, 0.29) is 6.15 Å². The molecule has 0 atom stereocenters. The topological polar surface area (TPSA) is 38.2 Å². The van der Waals surface area contributed by atoms with Crippen molar-refractivity contribution < 1.29 is 0 Å². The number of nitrogens with zero attached hydrogens (tertiary/aromatic N) is 1. The molecular formula is C21H24N2. The minimum absolute atomic E-state index is 0. The Labute approximate surface area is 139 Å². The molecule has 0 aromatic heterocycles. The van der Waals surface area contributed by atoms with Gasteiger partial charge in [-0.15, -0.1) is 0 Å². The quantitative estimate of drug-likeness (QED) is 0.621. The van der Waals surface area contributed by atoms with Crippen molar-refractivity contribution in [1.82, 2.24) is 6.15 Å². The molecule has 0 unspecified atom stereocenters. The average Bonchev–Trinajstić information content (AvgIpc) is 2.53. The van der Waals surface area contributed by atoms with E-state index in [0.717, 1.165) is 0 Å². The highest BCUT2D eigenvalue weighted by Gasteiger charge is 2.11. The van der Waals surface area contributed by atoms with Crippen LogP contribution in [0.25, 0.3) is 0 Å². The van der Waals surface area contributed by atoms with Crippen LogP contribution >= 0.6 is 0 Å². The molecule has 3 N–H and O–H groups in total. The maximum Gasteiger partial charge on any atom is 0.0461 e. The molecule has 0 aliphatic carbocycles. The van der Waals surface area contributed by atoms with Gasteiger partial charge >= 0.3 is 0 Å². The normalized spacial score (nSPS) is 10.0. The summed E-state index contributed by atoms with van der Waals surface area (Å²) in [5.74, 6) is 0. The molecule has 0 spiro atoms. The maximum atomic E-state index is 2.29. The summed E-state index contributed by atoms with van der Waals surface area (Å²) in [7, 11) is 0. The Morgan fingerprint density at radius 2 is 0.652 bits per heavy atom. The molecule has 0 heterocycles. The van der Waals surface area contributed by atoms with E-state index in [4.69, 9.17) is 0 Å². The predicted octanol–water partition coefficient (Wildman–Crippen LogP) is 6.24. The molecule has 3 rings (SSSR count). The first-order valence-corrected chi connectivity index (χ1v) is 7.63. The van der Waals surface area contributed by atoms with E-state index < -0.39 is 0 Å². The zero-order valence-corrected chi connectivity index (χ0v) is 14.1. The van der Waals surface area contributed by atoms with E-state index in [2.05, 4.69) is 98.5 Å². The zero-order valence-electron chi connectivity index (χ0n) is 14.1. The van der Waals surface area contributed by atoms with Gasteiger partial charge < -0.3 is 11.1 Å². The van der Waals surface area contributed by atoms with E-state index in [1.165, 1.54) is 33.8 Å². The van der Waals surface area contributed by atoms with Gasteiger partial charge in [-0.05, 0) is 57.2 Å². The number of aryl methyl sites for hydroxylation is 3. The summed E-state index contributed by atoms with van der Waals surface area (Å²) in [6.45, 7) is 6.35. The summed E-state index contributed by atoms with van der Waals surface area (Å²) in [6, 6.07) is 26.0. The lowest BCUT2D eigenvalue weighted by atomic mass is 10.1. The molecular weight excluding hydrogens is 280 g/mol. The van der Waals surface area contributed by atoms with Crippen molar-refractivity contribution in [3.05, 3.63) is 89.5 Å². The van der Waals surface area contributed by atoms with Crippen molar-refractivity contribution in [2.45, 2.75) is 20.8 Å². The number of benzene rings is 3. The zero-order chi connectivity index (χ0) is 15.5. The van der Waals surface area contributed by atoms with Gasteiger partial charge in [-0.1, -0.05) is 53.1 Å². The Bertz CT molecular complexity index is 633. The third-order valence-electron chi connectivity index (χ3n) is 3.88. The van der Waals surface area contributed by atoms with Gasteiger partial charge in [0.25, 0.3) is 0 Å². The Morgan fingerprint density at radius 1 is 0.435 bits per heavy atom. The summed E-state index contributed by atoms with van der Waals surface area (Å²) < 4.78 is 0. The third kappa shape index (κ3) is 3.79. The molecule has 3 aromatic rings. The highest BCUT2D eigenvalue weighted by molar-refractivity contribution is 5.76. The lowest BCUT2D eigenvalue weighted by Gasteiger charge is -2.25. The molecule has 0 radical (unpaired) electrons. The van der Waals surface area contributed by atoms with Crippen molar-refractivity contribution in [3.8, 4) is 0 Å². The van der Waals surface area contributed by atoms with Crippen LogP contribution in [0.15, 0.2) is 72.8 Å². The summed E-state index contributed by atoms with van der Waals surface area (Å²) in [4.78, 5) is 2.29. The monoisotopic (exact) mass is 304 g/mol. The molecule has 118 valence electrons. The molecule has 0 saturated carbocycles. The maximum absolute atomic E-state index is 2.29. The van der Waals surface area contributed by atoms with Crippen LogP contribution < -0.4 is 11.1 Å². The van der Waals surface area contributed by atoms with Crippen molar-refractivity contribution in [1.29, 1.82) is 0 Å². The lowest BCUT2D eigenvalue weighted by molar-refractivity contribution is 1.26. The molecule has 0 saturated heterocycles. The second-order valence-electron chi connectivity index (χ2n) is 5.84. The largest absolute Gasteiger partial charge is 0.344 e. The standard InChI is InChI=1S/C21H21N.H3N/c1-16-4-10-19(11-5-16)22(20-12-6-17(2)7-13-20)21-14-8-18(3)9-15-21;/h4-15H,1-3H3;1H3. The van der Waals surface area contributed by atoms with Gasteiger partial charge in [0.1, 0.15) is 0 Å². The van der Waals surface area contributed by atoms with E-state index in [9.17, 15) is 0 Å². The smallest absolute Gasteiger partial charge is 0.0461 e. The molecule has 2 heteroatoms. The van der Waals surface area contributed by atoms with E-state index in [0.29, 0.717) is 0 Å². The van der Waals surface area contributed by atoms with Crippen molar-refractivity contribution >= 4 is 17.1 Å². The van der Waals surface area contributed by atoms with Crippen molar-refractivity contribution in [2.24, 2.45) is 0 Å². The molecule has 0 bridgehead atoms. The molecule has 0 fully saturated rings. The van der Waals surface area contributed by atoms with Crippen molar-refractivity contribution in [3.63, 3.8) is 0 Å². The first-order chi connectivity index (χ1) is 10.6. The molecule has 0 aliphatic rings. The summed E-state index contributed by atoms with van der Waals surface area (Å²) in [5, 5.41) is 0. The Balaban J connectivity index is 0.00000192. The molecule has 3 aromatic carbocycles. The van der Waals surface area contributed by atoms with Crippen LogP contribution in [0.4, 0.5) is 17.1 Å². The Morgan fingerprint density at radius 3 is 0.870 bits per heavy atom. The lowest BCUT2D eigenvalue weighted by Crippen LogP contribution is -2.09. The van der Waals surface area contributed by atoms with Gasteiger partial charge in [0, 0.05) is 17.1 Å². The fourth-order valence-electron chi connectivity index (χ4n) is 2.53. The van der Waals surface area contributed by atoms with Gasteiger partial charge in [-0.2, -0.15) is 0 Å². The Hall–Kier alpha value is -2.58. The summed E-state index contributed by atoms with van der Waals surface area (Å²) in [6.07, 6.45) is 0. The number of hydrogen-bond donors (Lipinski definition) is 1. The summed E-state index contributed by atoms with van der Waals surface area (Å²) >= 11 is 0. The minimum atomic E-state index is 0. The van der Waals surface area contributed by atoms with Gasteiger partial charge in [0.05, 0.1) is 0 Å². The van der Waals surface area contributed by atoms with Gasteiger partial charge in [0.15, 0.2) is 0 Å². The number of anilines is 3. The summed E-state index contributed by atoms with van der Waals surface area (Å²) in [5.41, 5.74) is 7.36. The van der Waals surface area contributed by atoms with E-state index in [1.807, 2.05) is 0 Å². The van der Waals surface area contributed by atoms with Crippen LogP contribution in [0, 0.1) is 20.8 Å². The molecule has 2 nitrogen and oxygen atoms in total. The van der Waals surface area contributed by atoms with Crippen molar-refractivity contribution in [2.75, 3.05) is 4.90 Å². The first-order valence-electron chi connectivity index (χ1n) is 7.63. The molecule has 0 amide bonds. The minimum Gasteiger partial charge on any atom is -0.344 e. The Kier molecular flexibility index (Phi) is 5.20. The van der Waals surface area contributed by atoms with Crippen LogP contribution in [0.1, 0.15) is 16.7 Å². The SMILES string of the molecule is Cc1ccc(N(c2ccc(C)cc2)c2ccc(C)cc2)cc1.N. The number of hydrogen-bond acceptors (Lipinski definition) is 2. The third-order valence-corrected chi connectivity index (χ3v) is 3.88. The molecule has 23 heavy (non-hydrogen) atoms. The van der Waals surface area contributed by atoms with Crippen LogP contribution in [0.3, 0.4) is 0 Å². The van der Waals surface area contributed by atoms with Gasteiger partial charge in [-0.25, -0.2) is 0 Å². The van der Waals surface area contributed by atoms with Crippen LogP contribution in [-0.4, -0.2) is 0 Å². The number of rotatable bonds is 3. The fourth-order valence-corrected chi connectivity index (χ4v) is 2.53. The van der Waals surface area contributed by atoms with Gasteiger partial charge in [-0.3, -0.25) is 0 Å². The van der Waals surface area contributed by atoms with Gasteiger partial charge in [0.2, 0.25) is 0 Å². The molecule has 0 aliphatic heterocycles.